The number of fused-ring (bicyclic) bond motifs is 4. The molecule has 3 heteroatoms. The Morgan fingerprint density at radius 2 is 1.60 bits per heavy atom. The number of rotatable bonds is 1. The number of aliphatic hydroxyl groups excluding tert-OH is 1. The minimum Gasteiger partial charge on any atom is -0.396 e. The second-order valence-corrected chi connectivity index (χ2v) is 11.1. The largest absolute Gasteiger partial charge is 0.396 e. The molecule has 1 saturated heterocycles. The first kappa shape index (κ1) is 17.0. The summed E-state index contributed by atoms with van der Waals surface area (Å²) in [5.74, 6) is 1.17. The molecule has 0 aromatic carbocycles. The molecule has 0 aromatic heterocycles. The molecule has 142 valence electrons. The van der Waals surface area contributed by atoms with Crippen molar-refractivity contribution in [2.45, 2.75) is 84.3 Å². The summed E-state index contributed by atoms with van der Waals surface area (Å²) < 4.78 is 12.7. The molecule has 5 aliphatic rings. The van der Waals surface area contributed by atoms with E-state index in [0.717, 1.165) is 25.6 Å². The fourth-order valence-electron chi connectivity index (χ4n) is 8.96. The third-order valence-electron chi connectivity index (χ3n) is 9.91. The highest BCUT2D eigenvalue weighted by molar-refractivity contribution is 5.19. The Bertz CT molecular complexity index is 570. The lowest BCUT2D eigenvalue weighted by atomic mass is 9.40. The first-order chi connectivity index (χ1) is 11.8. The van der Waals surface area contributed by atoms with Crippen molar-refractivity contribution < 1.29 is 14.6 Å². The lowest BCUT2D eigenvalue weighted by Gasteiger charge is -2.64. The third kappa shape index (κ3) is 1.93. The average molecular weight is 349 g/mol. The average Bonchev–Trinajstić information content (AvgIpc) is 3.09. The first-order valence-corrected chi connectivity index (χ1v) is 10.7. The lowest BCUT2D eigenvalue weighted by Crippen LogP contribution is -2.57. The van der Waals surface area contributed by atoms with Crippen LogP contribution in [0.4, 0.5) is 0 Å². The van der Waals surface area contributed by atoms with Crippen molar-refractivity contribution >= 4 is 0 Å². The Labute approximate surface area is 152 Å². The molecule has 25 heavy (non-hydrogen) atoms. The SMILES string of the molecule is C[C@@]1(CO)CCC[C@]2(C)[C@@H]1CC[C@@]13CC4(OCCO4)[C@@](C)(CC[C@H]12)C3. The van der Waals surface area contributed by atoms with Gasteiger partial charge in [-0.15, -0.1) is 0 Å². The predicted molar refractivity (Wildman–Crippen MR) is 97.0 cm³/mol. The van der Waals surface area contributed by atoms with Gasteiger partial charge in [-0.2, -0.15) is 0 Å². The zero-order valence-electron chi connectivity index (χ0n) is 16.4. The fourth-order valence-corrected chi connectivity index (χ4v) is 8.96. The van der Waals surface area contributed by atoms with Crippen LogP contribution in [0.5, 0.6) is 0 Å². The van der Waals surface area contributed by atoms with E-state index in [-0.39, 0.29) is 16.6 Å². The van der Waals surface area contributed by atoms with Gasteiger partial charge in [0, 0.05) is 18.4 Å². The Morgan fingerprint density at radius 3 is 2.32 bits per heavy atom. The molecule has 1 heterocycles. The van der Waals surface area contributed by atoms with Crippen molar-refractivity contribution in [1.82, 2.24) is 0 Å². The maximum Gasteiger partial charge on any atom is 0.174 e. The van der Waals surface area contributed by atoms with Crippen molar-refractivity contribution in [1.29, 1.82) is 0 Å². The summed E-state index contributed by atoms with van der Waals surface area (Å²) in [6.45, 7) is 9.30. The summed E-state index contributed by atoms with van der Waals surface area (Å²) in [6.07, 6.45) is 11.4. The molecular weight excluding hydrogens is 312 g/mol. The Kier molecular flexibility index (Phi) is 3.42. The van der Waals surface area contributed by atoms with Crippen LogP contribution in [0.3, 0.4) is 0 Å². The predicted octanol–water partition coefficient (Wildman–Crippen LogP) is 4.52. The van der Waals surface area contributed by atoms with Gasteiger partial charge in [0.15, 0.2) is 5.79 Å². The van der Waals surface area contributed by atoms with Crippen LogP contribution in [-0.2, 0) is 9.47 Å². The van der Waals surface area contributed by atoms with E-state index in [0.29, 0.717) is 23.4 Å². The molecule has 1 aliphatic heterocycles. The topological polar surface area (TPSA) is 38.7 Å². The Balaban J connectivity index is 1.54. The number of hydrogen-bond acceptors (Lipinski definition) is 3. The van der Waals surface area contributed by atoms with Gasteiger partial charge >= 0.3 is 0 Å². The van der Waals surface area contributed by atoms with Crippen LogP contribution in [0, 0.1) is 33.5 Å². The normalized spacial score (nSPS) is 56.6. The zero-order valence-corrected chi connectivity index (χ0v) is 16.4. The van der Waals surface area contributed by atoms with E-state index in [2.05, 4.69) is 20.8 Å². The molecule has 6 atom stereocenters. The van der Waals surface area contributed by atoms with Gasteiger partial charge in [0.1, 0.15) is 0 Å². The second-order valence-electron chi connectivity index (χ2n) is 11.1. The number of ether oxygens (including phenoxy) is 2. The zero-order chi connectivity index (χ0) is 17.6. The standard InChI is InChI=1S/C22H36O3/c1-18(15-23)7-4-8-20(3)16(18)6-10-21-13-19(2,9-5-17(20)21)22(14-21)24-11-12-25-22/h16-17,23H,4-15H2,1-3H3/t16-,17+,18+,19+,20-,21-/m1/s1. The molecule has 2 bridgehead atoms. The van der Waals surface area contributed by atoms with Gasteiger partial charge in [-0.3, -0.25) is 0 Å². The Hall–Kier alpha value is -0.120. The van der Waals surface area contributed by atoms with Gasteiger partial charge < -0.3 is 14.6 Å². The summed E-state index contributed by atoms with van der Waals surface area (Å²) in [4.78, 5) is 0. The van der Waals surface area contributed by atoms with E-state index in [9.17, 15) is 5.11 Å². The molecule has 0 aromatic rings. The molecule has 5 rings (SSSR count). The highest BCUT2D eigenvalue weighted by atomic mass is 16.7. The molecule has 0 radical (unpaired) electrons. The van der Waals surface area contributed by atoms with E-state index in [1.807, 2.05) is 0 Å². The van der Waals surface area contributed by atoms with E-state index < -0.39 is 0 Å². The monoisotopic (exact) mass is 348 g/mol. The minimum atomic E-state index is -0.292. The summed E-state index contributed by atoms with van der Waals surface area (Å²) >= 11 is 0. The van der Waals surface area contributed by atoms with Crippen molar-refractivity contribution in [3.8, 4) is 0 Å². The molecule has 5 fully saturated rings. The molecule has 2 spiro atoms. The van der Waals surface area contributed by atoms with Gasteiger partial charge in [-0.1, -0.05) is 27.2 Å². The van der Waals surface area contributed by atoms with Crippen molar-refractivity contribution in [2.75, 3.05) is 19.8 Å². The van der Waals surface area contributed by atoms with Crippen LogP contribution in [0.25, 0.3) is 0 Å². The summed E-state index contributed by atoms with van der Waals surface area (Å²) in [5.41, 5.74) is 1.14. The molecule has 1 N–H and O–H groups in total. The van der Waals surface area contributed by atoms with Gasteiger partial charge in [-0.25, -0.2) is 0 Å². The lowest BCUT2D eigenvalue weighted by molar-refractivity contribution is -0.217. The van der Waals surface area contributed by atoms with Gasteiger partial charge in [0.05, 0.1) is 13.2 Å². The number of hydrogen-bond donors (Lipinski definition) is 1. The highest BCUT2D eigenvalue weighted by Crippen LogP contribution is 2.76. The minimum absolute atomic E-state index is 0.131. The van der Waals surface area contributed by atoms with E-state index in [1.54, 1.807) is 0 Å². The van der Waals surface area contributed by atoms with E-state index in [1.165, 1.54) is 51.4 Å². The van der Waals surface area contributed by atoms with Crippen molar-refractivity contribution in [2.24, 2.45) is 33.5 Å². The van der Waals surface area contributed by atoms with Crippen LogP contribution in [0.2, 0.25) is 0 Å². The third-order valence-corrected chi connectivity index (χ3v) is 9.91. The summed E-state index contributed by atoms with van der Waals surface area (Å²) in [5, 5.41) is 10.2. The fraction of sp³-hybridized carbons (Fsp3) is 1.00. The first-order valence-electron chi connectivity index (χ1n) is 10.7. The van der Waals surface area contributed by atoms with Crippen LogP contribution >= 0.6 is 0 Å². The summed E-state index contributed by atoms with van der Waals surface area (Å²) in [6, 6.07) is 0. The maximum atomic E-state index is 10.2. The molecule has 3 nitrogen and oxygen atoms in total. The van der Waals surface area contributed by atoms with Crippen LogP contribution < -0.4 is 0 Å². The van der Waals surface area contributed by atoms with Crippen LogP contribution in [0.1, 0.15) is 78.6 Å². The van der Waals surface area contributed by atoms with Crippen molar-refractivity contribution in [3.05, 3.63) is 0 Å². The molecular formula is C22H36O3. The van der Waals surface area contributed by atoms with Crippen molar-refractivity contribution in [3.63, 3.8) is 0 Å². The number of aliphatic hydroxyl groups is 1. The van der Waals surface area contributed by atoms with Crippen LogP contribution in [0.15, 0.2) is 0 Å². The maximum absolute atomic E-state index is 10.2. The highest BCUT2D eigenvalue weighted by Gasteiger charge is 2.72. The molecule has 4 saturated carbocycles. The van der Waals surface area contributed by atoms with E-state index in [4.69, 9.17) is 9.47 Å². The molecule has 0 unspecified atom stereocenters. The van der Waals surface area contributed by atoms with Gasteiger partial charge in [-0.05, 0) is 73.0 Å². The molecule has 4 aliphatic carbocycles. The molecule has 0 amide bonds. The summed E-state index contributed by atoms with van der Waals surface area (Å²) in [7, 11) is 0. The quantitative estimate of drug-likeness (QED) is 0.757. The second kappa shape index (κ2) is 5.02. The Morgan fingerprint density at radius 1 is 0.880 bits per heavy atom. The van der Waals surface area contributed by atoms with E-state index >= 15 is 0 Å². The smallest absolute Gasteiger partial charge is 0.174 e. The van der Waals surface area contributed by atoms with Gasteiger partial charge in [0.25, 0.3) is 0 Å². The van der Waals surface area contributed by atoms with Gasteiger partial charge in [0.2, 0.25) is 0 Å². The van der Waals surface area contributed by atoms with Crippen LogP contribution in [-0.4, -0.2) is 30.7 Å².